The third-order valence-electron chi connectivity index (χ3n) is 5.93. The van der Waals surface area contributed by atoms with E-state index < -0.39 is 24.5 Å². The van der Waals surface area contributed by atoms with Crippen LogP contribution in [0.5, 0.6) is 0 Å². The van der Waals surface area contributed by atoms with Crippen molar-refractivity contribution in [1.82, 2.24) is 24.6 Å². The number of alkyl halides is 2. The summed E-state index contributed by atoms with van der Waals surface area (Å²) >= 11 is 7.80. The molecular weight excluding hydrogens is 529 g/mol. The number of hydrogen-bond donors (Lipinski definition) is 0. The number of aliphatic imine (C=N–C) groups is 1. The normalized spacial score (nSPS) is 18.4. The number of cyclic esters (lactones) is 1. The summed E-state index contributed by atoms with van der Waals surface area (Å²) < 4.78 is 47.0. The lowest BCUT2D eigenvalue weighted by Crippen LogP contribution is -2.44. The number of amides is 1. The van der Waals surface area contributed by atoms with E-state index in [0.717, 1.165) is 0 Å². The molecule has 37 heavy (non-hydrogen) atoms. The first kappa shape index (κ1) is 25.0. The van der Waals surface area contributed by atoms with Crippen LogP contribution in [0.3, 0.4) is 0 Å². The minimum atomic E-state index is -2.84. The summed E-state index contributed by atoms with van der Waals surface area (Å²) in [6.07, 6.45) is 4.18. The highest BCUT2D eigenvalue weighted by Crippen LogP contribution is 2.44. The number of benzene rings is 1. The molecule has 2 aliphatic rings. The Balaban J connectivity index is 1.73. The molecule has 0 radical (unpaired) electrons. The van der Waals surface area contributed by atoms with E-state index in [2.05, 4.69) is 16.7 Å². The van der Waals surface area contributed by atoms with Crippen molar-refractivity contribution >= 4 is 40.4 Å². The lowest BCUT2D eigenvalue weighted by molar-refractivity contribution is 0.0563. The highest BCUT2D eigenvalue weighted by molar-refractivity contribution is 7.11. The first-order valence-corrected chi connectivity index (χ1v) is 12.4. The average molecular weight is 549 g/mol. The topological polar surface area (TPSA) is 75.8 Å². The number of nitrogens with zero attached hydrogens (tertiary/aromatic N) is 6. The number of carbonyl (C=O) groups excluding carboxylic acids is 1. The van der Waals surface area contributed by atoms with Gasteiger partial charge in [-0.1, -0.05) is 23.7 Å². The van der Waals surface area contributed by atoms with Gasteiger partial charge in [0, 0.05) is 59.1 Å². The van der Waals surface area contributed by atoms with Gasteiger partial charge in [-0.25, -0.2) is 18.9 Å². The number of fused-ring (bicyclic) bond motifs is 1. The Bertz CT molecular complexity index is 1390. The highest BCUT2D eigenvalue weighted by Gasteiger charge is 2.37. The van der Waals surface area contributed by atoms with Gasteiger partial charge in [-0.15, -0.1) is 17.9 Å². The summed E-state index contributed by atoms with van der Waals surface area (Å²) in [5.41, 5.74) is 1.85. The van der Waals surface area contributed by atoms with E-state index in [-0.39, 0.29) is 30.5 Å². The van der Waals surface area contributed by atoms with Gasteiger partial charge >= 0.3 is 12.6 Å². The number of hydrogen-bond acceptors (Lipinski definition) is 7. The Morgan fingerprint density at radius 3 is 2.84 bits per heavy atom. The molecule has 8 nitrogen and oxygen atoms in total. The van der Waals surface area contributed by atoms with Crippen LogP contribution < -0.4 is 0 Å². The minimum absolute atomic E-state index is 0.123. The van der Waals surface area contributed by atoms with Gasteiger partial charge in [-0.3, -0.25) is 9.89 Å². The van der Waals surface area contributed by atoms with Crippen LogP contribution in [-0.4, -0.2) is 56.3 Å². The number of rotatable bonds is 6. The molecule has 5 rings (SSSR count). The van der Waals surface area contributed by atoms with E-state index in [1.165, 1.54) is 46.7 Å². The van der Waals surface area contributed by atoms with Crippen molar-refractivity contribution in [2.75, 3.05) is 19.8 Å². The molecule has 192 valence electrons. The molecule has 1 saturated heterocycles. The quantitative estimate of drug-likeness (QED) is 0.368. The Hall–Kier alpha value is -3.64. The maximum absolute atomic E-state index is 13.9. The van der Waals surface area contributed by atoms with Gasteiger partial charge in [-0.2, -0.15) is 13.9 Å². The second-order valence-electron chi connectivity index (χ2n) is 8.13. The van der Waals surface area contributed by atoms with Gasteiger partial charge < -0.3 is 9.64 Å². The molecule has 13 heteroatoms. The SMILES string of the molecule is C=CCN1CCC2=C(c3ccn(C(F)F)n3)[C@H](c3ccc(F)cc3Cl)N=C(c3nccs3)N2COC1=O. The molecule has 2 aromatic heterocycles. The molecular formula is C24H20ClF3N6O2S. The number of halogens is 4. The minimum Gasteiger partial charge on any atom is -0.428 e. The van der Waals surface area contributed by atoms with Gasteiger partial charge in [0.1, 0.15) is 11.9 Å². The maximum Gasteiger partial charge on any atom is 0.411 e. The van der Waals surface area contributed by atoms with E-state index in [1.807, 2.05) is 0 Å². The van der Waals surface area contributed by atoms with Crippen LogP contribution in [0.1, 0.15) is 35.3 Å². The van der Waals surface area contributed by atoms with Gasteiger partial charge in [0.25, 0.3) is 0 Å². The molecule has 0 aliphatic carbocycles. The molecule has 1 aromatic carbocycles. The first-order chi connectivity index (χ1) is 17.9. The van der Waals surface area contributed by atoms with Crippen molar-refractivity contribution in [2.24, 2.45) is 4.99 Å². The number of amidine groups is 1. The standard InChI is InChI=1S/C24H20ClF3N6O2S/c1-2-8-32-9-6-18-19(17-5-10-34(31-17)23(27)28)20(15-4-3-14(26)12-16(15)25)30-21(22-29-7-11-37-22)33(18)13-36-24(32)35/h2-5,7,10-12,20,23H,1,6,8-9,13H2/t20-/m0/s1. The summed E-state index contributed by atoms with van der Waals surface area (Å²) in [4.78, 5) is 25.1. The molecule has 1 atom stereocenters. The predicted molar refractivity (Wildman–Crippen MR) is 133 cm³/mol. The van der Waals surface area contributed by atoms with E-state index >= 15 is 0 Å². The summed E-state index contributed by atoms with van der Waals surface area (Å²) in [5.74, 6) is -0.109. The van der Waals surface area contributed by atoms with Crippen LogP contribution in [0.25, 0.3) is 5.57 Å². The molecule has 0 spiro atoms. The fraction of sp³-hybridized carbons (Fsp3) is 0.250. The Morgan fingerprint density at radius 1 is 1.32 bits per heavy atom. The smallest absolute Gasteiger partial charge is 0.411 e. The van der Waals surface area contributed by atoms with E-state index in [4.69, 9.17) is 21.3 Å². The largest absolute Gasteiger partial charge is 0.428 e. The van der Waals surface area contributed by atoms with E-state index in [0.29, 0.717) is 38.8 Å². The van der Waals surface area contributed by atoms with Crippen LogP contribution in [0.15, 0.2) is 65.4 Å². The predicted octanol–water partition coefficient (Wildman–Crippen LogP) is 5.73. The lowest BCUT2D eigenvalue weighted by atomic mass is 9.91. The Morgan fingerprint density at radius 2 is 2.16 bits per heavy atom. The number of thiazole rings is 1. The molecule has 0 bridgehead atoms. The third-order valence-corrected chi connectivity index (χ3v) is 7.02. The number of carbonyl (C=O) groups is 1. The Labute approximate surface area is 218 Å². The summed E-state index contributed by atoms with van der Waals surface area (Å²) in [7, 11) is 0. The van der Waals surface area contributed by atoms with Crippen molar-refractivity contribution in [3.8, 4) is 0 Å². The molecule has 1 fully saturated rings. The lowest BCUT2D eigenvalue weighted by Gasteiger charge is -2.38. The molecule has 2 aliphatic heterocycles. The number of ether oxygens (including phenoxy) is 1. The van der Waals surface area contributed by atoms with Gasteiger partial charge in [0.05, 0.1) is 5.69 Å². The van der Waals surface area contributed by atoms with Crippen molar-refractivity contribution < 1.29 is 22.7 Å². The molecule has 1 amide bonds. The van der Waals surface area contributed by atoms with Crippen LogP contribution in [-0.2, 0) is 4.74 Å². The van der Waals surface area contributed by atoms with Gasteiger partial charge in [0.15, 0.2) is 17.6 Å². The fourth-order valence-corrected chi connectivity index (χ4v) is 5.20. The summed E-state index contributed by atoms with van der Waals surface area (Å²) in [5, 5.41) is 6.56. The van der Waals surface area contributed by atoms with E-state index in [1.54, 1.807) is 22.6 Å². The zero-order chi connectivity index (χ0) is 26.1. The summed E-state index contributed by atoms with van der Waals surface area (Å²) in [6.45, 7) is 1.18. The fourth-order valence-electron chi connectivity index (χ4n) is 4.29. The molecule has 0 N–H and O–H groups in total. The monoisotopic (exact) mass is 548 g/mol. The van der Waals surface area contributed by atoms with E-state index in [9.17, 15) is 18.0 Å². The number of aromatic nitrogens is 3. The highest BCUT2D eigenvalue weighted by atomic mass is 35.5. The van der Waals surface area contributed by atoms with Crippen molar-refractivity contribution in [2.45, 2.75) is 19.0 Å². The Kier molecular flexibility index (Phi) is 7.02. The molecule has 4 heterocycles. The van der Waals surface area contributed by atoms with Gasteiger partial charge in [0.2, 0.25) is 0 Å². The van der Waals surface area contributed by atoms with Crippen molar-refractivity contribution in [3.05, 3.63) is 87.5 Å². The van der Waals surface area contributed by atoms with Crippen molar-refractivity contribution in [1.29, 1.82) is 0 Å². The average Bonchev–Trinajstić information content (AvgIpc) is 3.56. The molecule has 0 unspecified atom stereocenters. The molecule has 3 aromatic rings. The van der Waals surface area contributed by atoms with Gasteiger partial charge in [-0.05, 0) is 18.2 Å². The zero-order valence-corrected chi connectivity index (χ0v) is 20.8. The molecule has 0 saturated carbocycles. The second-order valence-corrected chi connectivity index (χ2v) is 9.43. The zero-order valence-electron chi connectivity index (χ0n) is 19.2. The second kappa shape index (κ2) is 10.4. The third kappa shape index (κ3) is 4.86. The van der Waals surface area contributed by atoms with Crippen LogP contribution in [0.2, 0.25) is 5.02 Å². The van der Waals surface area contributed by atoms with Crippen molar-refractivity contribution in [3.63, 3.8) is 0 Å². The van der Waals surface area contributed by atoms with Crippen LogP contribution >= 0.6 is 22.9 Å². The summed E-state index contributed by atoms with van der Waals surface area (Å²) in [6, 6.07) is 4.60. The van der Waals surface area contributed by atoms with Crippen LogP contribution in [0, 0.1) is 5.82 Å². The van der Waals surface area contributed by atoms with Crippen LogP contribution in [0.4, 0.5) is 18.0 Å². The maximum atomic E-state index is 13.9. The first-order valence-electron chi connectivity index (χ1n) is 11.2.